The fourth-order valence-electron chi connectivity index (χ4n) is 1.17. The van der Waals surface area contributed by atoms with E-state index in [9.17, 15) is 0 Å². The van der Waals surface area contributed by atoms with Gasteiger partial charge in [-0.3, -0.25) is 0 Å². The van der Waals surface area contributed by atoms with Crippen LogP contribution < -0.4 is 5.32 Å². The molecule has 0 aromatic carbocycles. The summed E-state index contributed by atoms with van der Waals surface area (Å²) in [6.45, 7) is 3.93. The molecular weight excluding hydrogens is 234 g/mol. The molecular formula is C11H13N5S. The van der Waals surface area contributed by atoms with Gasteiger partial charge in [-0.1, -0.05) is 0 Å². The molecule has 0 amide bonds. The van der Waals surface area contributed by atoms with Gasteiger partial charge in [-0.2, -0.15) is 0 Å². The second kappa shape index (κ2) is 5.09. The summed E-state index contributed by atoms with van der Waals surface area (Å²) in [4.78, 5) is 17.0. The molecule has 0 fully saturated rings. The Bertz CT molecular complexity index is 512. The second-order valence-electron chi connectivity index (χ2n) is 3.58. The Morgan fingerprint density at radius 2 is 1.76 bits per heavy atom. The van der Waals surface area contributed by atoms with Gasteiger partial charge in [-0.15, -0.1) is 0 Å². The summed E-state index contributed by atoms with van der Waals surface area (Å²) >= 11 is 1.44. The van der Waals surface area contributed by atoms with E-state index in [2.05, 4.69) is 25.3 Å². The van der Waals surface area contributed by atoms with Crippen molar-refractivity contribution in [2.45, 2.75) is 24.0 Å². The van der Waals surface area contributed by atoms with E-state index in [-0.39, 0.29) is 0 Å². The van der Waals surface area contributed by atoms with Gasteiger partial charge in [0, 0.05) is 31.2 Å². The number of nitrogens with zero attached hydrogens (tertiary/aromatic N) is 4. The molecule has 0 aliphatic heterocycles. The number of rotatable bonds is 3. The standard InChI is InChI=1S/C11H13N5S/c1-7-4-14-11(15-5-7)17-9-8(2)6-13-10(12-3)16-9/h4-6H,1-3H3,(H,12,13,16). The lowest BCUT2D eigenvalue weighted by Crippen LogP contribution is -1.99. The van der Waals surface area contributed by atoms with Crippen LogP contribution in [-0.2, 0) is 0 Å². The Balaban J connectivity index is 2.25. The van der Waals surface area contributed by atoms with Crippen molar-refractivity contribution in [3.8, 4) is 0 Å². The van der Waals surface area contributed by atoms with Gasteiger partial charge in [0.2, 0.25) is 5.95 Å². The highest BCUT2D eigenvalue weighted by molar-refractivity contribution is 7.99. The monoisotopic (exact) mass is 247 g/mol. The molecule has 0 aliphatic carbocycles. The van der Waals surface area contributed by atoms with Crippen LogP contribution in [0.5, 0.6) is 0 Å². The van der Waals surface area contributed by atoms with Crippen molar-refractivity contribution >= 4 is 17.7 Å². The van der Waals surface area contributed by atoms with Gasteiger partial charge < -0.3 is 5.32 Å². The predicted molar refractivity (Wildman–Crippen MR) is 67.2 cm³/mol. The molecule has 2 heterocycles. The Morgan fingerprint density at radius 1 is 1.06 bits per heavy atom. The molecule has 17 heavy (non-hydrogen) atoms. The first-order valence-electron chi connectivity index (χ1n) is 5.17. The molecule has 0 saturated carbocycles. The quantitative estimate of drug-likeness (QED) is 0.661. The first kappa shape index (κ1) is 11.8. The highest BCUT2D eigenvalue weighted by Crippen LogP contribution is 2.25. The summed E-state index contributed by atoms with van der Waals surface area (Å²) in [5.74, 6) is 0.602. The van der Waals surface area contributed by atoms with Gasteiger partial charge >= 0.3 is 0 Å². The van der Waals surface area contributed by atoms with Gasteiger partial charge in [0.05, 0.1) is 0 Å². The second-order valence-corrected chi connectivity index (χ2v) is 4.53. The molecule has 0 radical (unpaired) electrons. The van der Waals surface area contributed by atoms with Crippen LogP contribution in [0.3, 0.4) is 0 Å². The third-order valence-electron chi connectivity index (χ3n) is 2.09. The lowest BCUT2D eigenvalue weighted by atomic mass is 10.4. The van der Waals surface area contributed by atoms with Crippen molar-refractivity contribution in [2.24, 2.45) is 0 Å². The summed E-state index contributed by atoms with van der Waals surface area (Å²) in [6.07, 6.45) is 5.38. The number of aryl methyl sites for hydroxylation is 2. The van der Waals surface area contributed by atoms with Crippen molar-refractivity contribution in [3.05, 3.63) is 29.7 Å². The summed E-state index contributed by atoms with van der Waals surface area (Å²) in [5, 5.41) is 4.48. The van der Waals surface area contributed by atoms with E-state index in [4.69, 9.17) is 0 Å². The molecule has 5 nitrogen and oxygen atoms in total. The van der Waals surface area contributed by atoms with E-state index in [1.165, 1.54) is 11.8 Å². The molecule has 2 rings (SSSR count). The van der Waals surface area contributed by atoms with Crippen LogP contribution in [0.15, 0.2) is 28.8 Å². The van der Waals surface area contributed by atoms with Gasteiger partial charge in [0.25, 0.3) is 0 Å². The zero-order chi connectivity index (χ0) is 12.3. The average molecular weight is 247 g/mol. The molecule has 0 atom stereocenters. The molecule has 88 valence electrons. The Labute approximate surface area is 104 Å². The fourth-order valence-corrected chi connectivity index (χ4v) is 1.90. The zero-order valence-corrected chi connectivity index (χ0v) is 10.7. The summed E-state index contributed by atoms with van der Waals surface area (Å²) < 4.78 is 0. The van der Waals surface area contributed by atoms with E-state index in [0.717, 1.165) is 16.2 Å². The summed E-state index contributed by atoms with van der Waals surface area (Å²) in [5.41, 5.74) is 2.06. The largest absolute Gasteiger partial charge is 0.357 e. The predicted octanol–water partition coefficient (Wildman–Crippen LogP) is 2.08. The molecule has 6 heteroatoms. The van der Waals surface area contributed by atoms with E-state index in [1.807, 2.05) is 13.8 Å². The molecule has 0 spiro atoms. The number of hydrogen-bond acceptors (Lipinski definition) is 6. The molecule has 0 aliphatic rings. The third kappa shape index (κ3) is 2.91. The van der Waals surface area contributed by atoms with Gasteiger partial charge in [0.1, 0.15) is 5.03 Å². The maximum atomic E-state index is 4.37. The van der Waals surface area contributed by atoms with Gasteiger partial charge in [-0.25, -0.2) is 19.9 Å². The van der Waals surface area contributed by atoms with Crippen molar-refractivity contribution in [2.75, 3.05) is 12.4 Å². The van der Waals surface area contributed by atoms with Crippen LogP contribution in [0, 0.1) is 13.8 Å². The molecule has 0 unspecified atom stereocenters. The van der Waals surface area contributed by atoms with E-state index >= 15 is 0 Å². The topological polar surface area (TPSA) is 63.6 Å². The molecule has 2 aromatic rings. The normalized spacial score (nSPS) is 10.3. The molecule has 1 N–H and O–H groups in total. The Morgan fingerprint density at radius 3 is 2.41 bits per heavy atom. The van der Waals surface area contributed by atoms with Crippen molar-refractivity contribution in [1.82, 2.24) is 19.9 Å². The highest BCUT2D eigenvalue weighted by atomic mass is 32.2. The Hall–Kier alpha value is -1.69. The SMILES string of the molecule is CNc1ncc(C)c(Sc2ncc(C)cn2)n1. The number of aromatic nitrogens is 4. The minimum absolute atomic E-state index is 0.602. The zero-order valence-electron chi connectivity index (χ0n) is 9.93. The lowest BCUT2D eigenvalue weighted by molar-refractivity contribution is 0.935. The van der Waals surface area contributed by atoms with E-state index in [1.54, 1.807) is 25.6 Å². The van der Waals surface area contributed by atoms with E-state index in [0.29, 0.717) is 11.1 Å². The summed E-state index contributed by atoms with van der Waals surface area (Å²) in [7, 11) is 1.79. The first-order valence-corrected chi connectivity index (χ1v) is 5.98. The minimum Gasteiger partial charge on any atom is -0.357 e. The van der Waals surface area contributed by atoms with Crippen LogP contribution in [0.4, 0.5) is 5.95 Å². The number of nitrogens with one attached hydrogen (secondary N) is 1. The van der Waals surface area contributed by atoms with Crippen LogP contribution in [-0.4, -0.2) is 27.0 Å². The first-order chi connectivity index (χ1) is 8.19. The van der Waals surface area contributed by atoms with Crippen LogP contribution in [0.1, 0.15) is 11.1 Å². The average Bonchev–Trinajstić information content (AvgIpc) is 2.35. The Kier molecular flexibility index (Phi) is 3.53. The van der Waals surface area contributed by atoms with Gasteiger partial charge in [0.15, 0.2) is 5.16 Å². The summed E-state index contributed by atoms with van der Waals surface area (Å²) in [6, 6.07) is 0. The number of hydrogen-bond donors (Lipinski definition) is 1. The van der Waals surface area contributed by atoms with Gasteiger partial charge in [-0.05, 0) is 31.2 Å². The maximum absolute atomic E-state index is 4.37. The van der Waals surface area contributed by atoms with Crippen molar-refractivity contribution < 1.29 is 0 Å². The molecule has 2 aromatic heterocycles. The smallest absolute Gasteiger partial charge is 0.223 e. The molecule has 0 saturated heterocycles. The van der Waals surface area contributed by atoms with Crippen molar-refractivity contribution in [3.63, 3.8) is 0 Å². The van der Waals surface area contributed by atoms with Crippen LogP contribution >= 0.6 is 11.8 Å². The maximum Gasteiger partial charge on any atom is 0.223 e. The minimum atomic E-state index is 0.602. The number of anilines is 1. The highest BCUT2D eigenvalue weighted by Gasteiger charge is 2.07. The van der Waals surface area contributed by atoms with E-state index < -0.39 is 0 Å². The third-order valence-corrected chi connectivity index (χ3v) is 3.09. The fraction of sp³-hybridized carbons (Fsp3) is 0.273. The molecule has 0 bridgehead atoms. The van der Waals surface area contributed by atoms with Crippen LogP contribution in [0.25, 0.3) is 0 Å². The van der Waals surface area contributed by atoms with Crippen molar-refractivity contribution in [1.29, 1.82) is 0 Å². The lowest BCUT2D eigenvalue weighted by Gasteiger charge is -2.05. The van der Waals surface area contributed by atoms with Crippen LogP contribution in [0.2, 0.25) is 0 Å².